The van der Waals surface area contributed by atoms with E-state index in [0.717, 1.165) is 12.0 Å². The van der Waals surface area contributed by atoms with Gasteiger partial charge in [0.15, 0.2) is 5.13 Å². The van der Waals surface area contributed by atoms with Gasteiger partial charge in [-0.3, -0.25) is 4.79 Å². The molecule has 0 fully saturated rings. The smallest absolute Gasteiger partial charge is 0.230 e. The van der Waals surface area contributed by atoms with Gasteiger partial charge in [-0.15, -0.1) is 11.3 Å². The van der Waals surface area contributed by atoms with Gasteiger partial charge in [-0.2, -0.15) is 0 Å². The minimum atomic E-state index is -0.134. The number of carbonyl (C=O) groups is 1. The number of nitrogens with one attached hydrogen (secondary N) is 1. The molecule has 2 aromatic rings. The van der Waals surface area contributed by atoms with Gasteiger partial charge in [0, 0.05) is 5.38 Å². The molecule has 0 aliphatic carbocycles. The van der Waals surface area contributed by atoms with E-state index in [2.05, 4.69) is 10.3 Å². The van der Waals surface area contributed by atoms with Gasteiger partial charge in [0.05, 0.1) is 24.4 Å². The van der Waals surface area contributed by atoms with Gasteiger partial charge in [-0.05, 0) is 31.0 Å². The number of thiazole rings is 1. The quantitative estimate of drug-likeness (QED) is 0.860. The molecule has 1 aromatic carbocycles. The van der Waals surface area contributed by atoms with Crippen LogP contribution in [-0.2, 0) is 11.2 Å². The standard InChI is InChI=1S/C15H19N3O2S/c1-3-6-20-13-7-10(2)4-5-12(13)18-14(19)8-11-9-21-15(16)17-11/h4-5,7,9H,3,6,8H2,1-2H3,(H2,16,17)(H,18,19). The highest BCUT2D eigenvalue weighted by molar-refractivity contribution is 7.13. The molecule has 21 heavy (non-hydrogen) atoms. The summed E-state index contributed by atoms with van der Waals surface area (Å²) in [5.74, 6) is 0.563. The van der Waals surface area contributed by atoms with E-state index in [0.29, 0.717) is 28.9 Å². The molecule has 1 aromatic heterocycles. The van der Waals surface area contributed by atoms with Crippen LogP contribution in [0, 0.1) is 6.92 Å². The second-order valence-corrected chi connectivity index (χ2v) is 5.64. The van der Waals surface area contributed by atoms with Gasteiger partial charge in [-0.25, -0.2) is 4.98 Å². The molecule has 112 valence electrons. The van der Waals surface area contributed by atoms with Crippen molar-refractivity contribution >= 4 is 28.1 Å². The van der Waals surface area contributed by atoms with Crippen molar-refractivity contribution in [2.45, 2.75) is 26.7 Å². The number of amides is 1. The summed E-state index contributed by atoms with van der Waals surface area (Å²) in [7, 11) is 0. The van der Waals surface area contributed by atoms with Crippen LogP contribution in [0.1, 0.15) is 24.6 Å². The Balaban J connectivity index is 2.05. The lowest BCUT2D eigenvalue weighted by molar-refractivity contribution is -0.115. The zero-order valence-corrected chi connectivity index (χ0v) is 13.0. The number of nitrogen functional groups attached to an aromatic ring is 1. The minimum Gasteiger partial charge on any atom is -0.491 e. The summed E-state index contributed by atoms with van der Waals surface area (Å²) in [5, 5.41) is 5.13. The van der Waals surface area contributed by atoms with E-state index in [-0.39, 0.29) is 12.3 Å². The number of hydrogen-bond acceptors (Lipinski definition) is 5. The molecule has 0 unspecified atom stereocenters. The maximum atomic E-state index is 12.1. The number of rotatable bonds is 6. The lowest BCUT2D eigenvalue weighted by Crippen LogP contribution is -2.15. The summed E-state index contributed by atoms with van der Waals surface area (Å²) in [6, 6.07) is 5.72. The summed E-state index contributed by atoms with van der Waals surface area (Å²) >= 11 is 1.33. The first-order valence-electron chi connectivity index (χ1n) is 6.81. The molecule has 0 aliphatic rings. The van der Waals surface area contributed by atoms with Crippen LogP contribution in [0.2, 0.25) is 0 Å². The molecule has 1 heterocycles. The van der Waals surface area contributed by atoms with Crippen LogP contribution < -0.4 is 15.8 Å². The van der Waals surface area contributed by atoms with E-state index >= 15 is 0 Å². The fourth-order valence-electron chi connectivity index (χ4n) is 1.83. The molecule has 0 saturated heterocycles. The molecule has 0 spiro atoms. The van der Waals surface area contributed by atoms with Crippen molar-refractivity contribution in [2.75, 3.05) is 17.7 Å². The van der Waals surface area contributed by atoms with Crippen molar-refractivity contribution in [1.29, 1.82) is 0 Å². The predicted octanol–water partition coefficient (Wildman–Crippen LogP) is 3.00. The molecule has 6 heteroatoms. The molecule has 0 aliphatic heterocycles. The Labute approximate surface area is 128 Å². The average molecular weight is 305 g/mol. The summed E-state index contributed by atoms with van der Waals surface area (Å²) in [4.78, 5) is 16.1. The largest absolute Gasteiger partial charge is 0.491 e. The monoisotopic (exact) mass is 305 g/mol. The van der Waals surface area contributed by atoms with Gasteiger partial charge in [-0.1, -0.05) is 13.0 Å². The number of aromatic nitrogens is 1. The van der Waals surface area contributed by atoms with Gasteiger partial charge in [0.1, 0.15) is 5.75 Å². The average Bonchev–Trinajstić information content (AvgIpc) is 2.84. The Morgan fingerprint density at radius 1 is 1.48 bits per heavy atom. The Morgan fingerprint density at radius 3 is 2.95 bits per heavy atom. The first kappa shape index (κ1) is 15.3. The second-order valence-electron chi connectivity index (χ2n) is 4.75. The van der Waals surface area contributed by atoms with E-state index < -0.39 is 0 Å². The molecule has 0 atom stereocenters. The number of anilines is 2. The first-order valence-corrected chi connectivity index (χ1v) is 7.69. The first-order chi connectivity index (χ1) is 10.1. The van der Waals surface area contributed by atoms with Crippen molar-refractivity contribution in [1.82, 2.24) is 4.98 Å². The van der Waals surface area contributed by atoms with Crippen molar-refractivity contribution in [2.24, 2.45) is 0 Å². The maximum Gasteiger partial charge on any atom is 0.230 e. The molecule has 2 rings (SSSR count). The summed E-state index contributed by atoms with van der Waals surface area (Å²) in [6.07, 6.45) is 1.12. The summed E-state index contributed by atoms with van der Waals surface area (Å²) < 4.78 is 5.67. The number of ether oxygens (including phenoxy) is 1. The third kappa shape index (κ3) is 4.46. The SMILES string of the molecule is CCCOc1cc(C)ccc1NC(=O)Cc1csc(N)n1. The molecule has 5 nitrogen and oxygen atoms in total. The number of benzene rings is 1. The number of hydrogen-bond donors (Lipinski definition) is 2. The number of carbonyl (C=O) groups excluding carboxylic acids is 1. The molecule has 0 radical (unpaired) electrons. The van der Waals surface area contributed by atoms with E-state index in [4.69, 9.17) is 10.5 Å². The van der Waals surface area contributed by atoms with Crippen LogP contribution >= 0.6 is 11.3 Å². The van der Waals surface area contributed by atoms with Crippen LogP contribution in [0.4, 0.5) is 10.8 Å². The van der Waals surface area contributed by atoms with E-state index in [9.17, 15) is 4.79 Å². The van der Waals surface area contributed by atoms with Crippen molar-refractivity contribution in [3.05, 3.63) is 34.8 Å². The lowest BCUT2D eigenvalue weighted by atomic mass is 10.2. The molecular formula is C15H19N3O2S. The third-order valence-electron chi connectivity index (χ3n) is 2.78. The van der Waals surface area contributed by atoms with E-state index in [1.807, 2.05) is 32.0 Å². The van der Waals surface area contributed by atoms with Crippen molar-refractivity contribution < 1.29 is 9.53 Å². The predicted molar refractivity (Wildman–Crippen MR) is 85.8 cm³/mol. The van der Waals surface area contributed by atoms with E-state index in [1.54, 1.807) is 5.38 Å². The highest BCUT2D eigenvalue weighted by Crippen LogP contribution is 2.26. The molecule has 3 N–H and O–H groups in total. The van der Waals surface area contributed by atoms with Gasteiger partial charge < -0.3 is 15.8 Å². The molecule has 0 saturated carbocycles. The second kappa shape index (κ2) is 7.08. The fourth-order valence-corrected chi connectivity index (χ4v) is 2.39. The van der Waals surface area contributed by atoms with Crippen molar-refractivity contribution in [3.8, 4) is 5.75 Å². The topological polar surface area (TPSA) is 77.2 Å². The van der Waals surface area contributed by atoms with Crippen LogP contribution in [0.15, 0.2) is 23.6 Å². The Bertz CT molecular complexity index is 625. The highest BCUT2D eigenvalue weighted by atomic mass is 32.1. The van der Waals surface area contributed by atoms with Gasteiger partial charge >= 0.3 is 0 Å². The zero-order chi connectivity index (χ0) is 15.2. The maximum absolute atomic E-state index is 12.1. The Hall–Kier alpha value is -2.08. The van der Waals surface area contributed by atoms with Crippen LogP contribution in [0.3, 0.4) is 0 Å². The molecule has 0 bridgehead atoms. The van der Waals surface area contributed by atoms with Crippen LogP contribution in [-0.4, -0.2) is 17.5 Å². The van der Waals surface area contributed by atoms with Gasteiger partial charge in [0.2, 0.25) is 5.91 Å². The normalized spacial score (nSPS) is 10.4. The Kier molecular flexibility index (Phi) is 5.16. The Morgan fingerprint density at radius 2 is 2.29 bits per heavy atom. The highest BCUT2D eigenvalue weighted by Gasteiger charge is 2.10. The van der Waals surface area contributed by atoms with Crippen molar-refractivity contribution in [3.63, 3.8) is 0 Å². The van der Waals surface area contributed by atoms with E-state index in [1.165, 1.54) is 11.3 Å². The number of nitrogens with zero attached hydrogens (tertiary/aromatic N) is 1. The molecule has 1 amide bonds. The fraction of sp³-hybridized carbons (Fsp3) is 0.333. The third-order valence-corrected chi connectivity index (χ3v) is 3.51. The summed E-state index contributed by atoms with van der Waals surface area (Å²) in [6.45, 7) is 4.65. The number of nitrogens with two attached hydrogens (primary N) is 1. The number of aryl methyl sites for hydroxylation is 1. The van der Waals surface area contributed by atoms with Crippen LogP contribution in [0.25, 0.3) is 0 Å². The molecular weight excluding hydrogens is 286 g/mol. The minimum absolute atomic E-state index is 0.134. The zero-order valence-electron chi connectivity index (χ0n) is 12.2. The lowest BCUT2D eigenvalue weighted by Gasteiger charge is -2.12. The van der Waals surface area contributed by atoms with Crippen LogP contribution in [0.5, 0.6) is 5.75 Å². The summed E-state index contributed by atoms with van der Waals surface area (Å²) in [5.41, 5.74) is 8.01. The van der Waals surface area contributed by atoms with Gasteiger partial charge in [0.25, 0.3) is 0 Å².